The van der Waals surface area contributed by atoms with Crippen LogP contribution in [0, 0.1) is 5.92 Å². The molecule has 0 spiro atoms. The van der Waals surface area contributed by atoms with Crippen molar-refractivity contribution in [3.8, 4) is 0 Å². The van der Waals surface area contributed by atoms with Gasteiger partial charge in [0.15, 0.2) is 0 Å². The fraction of sp³-hybridized carbons (Fsp3) is 0.789. The molecule has 130 valence electrons. The molecule has 1 unspecified atom stereocenters. The number of hydrogen-bond acceptors (Lipinski definition) is 1. The van der Waals surface area contributed by atoms with Gasteiger partial charge >= 0.3 is 0 Å². The van der Waals surface area contributed by atoms with Crippen LogP contribution in [-0.2, 0) is 0 Å². The Balaban J connectivity index is -0.0000000214. The lowest BCUT2D eigenvalue weighted by molar-refractivity contribution is 0.576. The smallest absolute Gasteiger partial charge is 0.00516 e. The van der Waals surface area contributed by atoms with Gasteiger partial charge in [0.05, 0.1) is 0 Å². The third-order valence-corrected chi connectivity index (χ3v) is 1.10. The van der Waals surface area contributed by atoms with Crippen molar-refractivity contribution in [1.82, 2.24) is 0 Å². The highest BCUT2D eigenvalue weighted by atomic mass is 14.5. The third-order valence-electron chi connectivity index (χ3n) is 1.10. The quantitative estimate of drug-likeness (QED) is 0.524. The molecule has 2 N–H and O–H groups in total. The molecule has 0 fully saturated rings. The van der Waals surface area contributed by atoms with Gasteiger partial charge in [-0.1, -0.05) is 81.2 Å². The summed E-state index contributed by atoms with van der Waals surface area (Å²) in [4.78, 5) is 0. The van der Waals surface area contributed by atoms with E-state index < -0.39 is 0 Å². The number of hydrogen-bond donors (Lipinski definition) is 1. The van der Waals surface area contributed by atoms with Crippen LogP contribution in [0.25, 0.3) is 0 Å². The molecule has 0 aromatic heterocycles. The first kappa shape index (κ1) is 42.7. The van der Waals surface area contributed by atoms with Gasteiger partial charge in [-0.25, -0.2) is 0 Å². The van der Waals surface area contributed by atoms with E-state index in [-0.39, 0.29) is 0 Å². The maximum atomic E-state index is 5.28. The number of allylic oxidation sites excluding steroid dienone is 1. The molecule has 0 aliphatic heterocycles. The summed E-state index contributed by atoms with van der Waals surface area (Å²) < 4.78 is 0. The molecule has 0 radical (unpaired) electrons. The molecule has 20 heavy (non-hydrogen) atoms. The Morgan fingerprint density at radius 1 is 0.850 bits per heavy atom. The largest absolute Gasteiger partial charge is 0.330 e. The highest BCUT2D eigenvalue weighted by Crippen LogP contribution is 1.93. The zero-order valence-electron chi connectivity index (χ0n) is 17.2. The van der Waals surface area contributed by atoms with Crippen molar-refractivity contribution in [3.05, 3.63) is 25.3 Å². The maximum Gasteiger partial charge on any atom is -0.00516 e. The van der Waals surface area contributed by atoms with Gasteiger partial charge in [-0.3, -0.25) is 0 Å². The Bertz CT molecular complexity index is 79.8. The van der Waals surface area contributed by atoms with Crippen molar-refractivity contribution < 1.29 is 0 Å². The Morgan fingerprint density at radius 3 is 1.00 bits per heavy atom. The van der Waals surface area contributed by atoms with Crippen molar-refractivity contribution in [1.29, 1.82) is 0 Å². The summed E-state index contributed by atoms with van der Waals surface area (Å²) in [6.07, 6.45) is 1.20. The Labute approximate surface area is 133 Å². The molecule has 0 heterocycles. The molecule has 0 amide bonds. The van der Waals surface area contributed by atoms with Crippen LogP contribution in [0.15, 0.2) is 25.3 Å². The average Bonchev–Trinajstić information content (AvgIpc) is 2.55. The summed E-state index contributed by atoms with van der Waals surface area (Å²) in [7, 11) is 0. The molecule has 0 aliphatic rings. The summed E-state index contributed by atoms with van der Waals surface area (Å²) in [6, 6.07) is 0. The van der Waals surface area contributed by atoms with Crippen LogP contribution in [0.4, 0.5) is 0 Å². The molecule has 0 saturated heterocycles. The lowest BCUT2D eigenvalue weighted by atomic mass is 10.1. The van der Waals surface area contributed by atoms with E-state index in [1.54, 1.807) is 0 Å². The minimum absolute atomic E-state index is 0.713. The highest BCUT2D eigenvalue weighted by molar-refractivity contribution is 4.78. The predicted molar refractivity (Wildman–Crippen MR) is 106 cm³/mol. The molecule has 0 saturated carbocycles. The molecule has 1 nitrogen and oxygen atoms in total. The zero-order valence-corrected chi connectivity index (χ0v) is 17.2. The summed E-state index contributed by atoms with van der Waals surface area (Å²) in [5.41, 5.74) is 6.45. The van der Waals surface area contributed by atoms with E-state index in [1.165, 1.54) is 12.0 Å². The van der Waals surface area contributed by atoms with Crippen molar-refractivity contribution in [2.45, 2.75) is 89.5 Å². The Hall–Kier alpha value is -0.560. The maximum absolute atomic E-state index is 5.28. The number of nitrogens with two attached hydrogens (primary N) is 1. The van der Waals surface area contributed by atoms with Gasteiger partial charge in [0.2, 0.25) is 0 Å². The molecule has 0 aliphatic carbocycles. The van der Waals surface area contributed by atoms with Crippen LogP contribution < -0.4 is 5.73 Å². The van der Waals surface area contributed by atoms with Crippen molar-refractivity contribution >= 4 is 0 Å². The summed E-state index contributed by atoms with van der Waals surface area (Å²) in [5.74, 6) is 0.713. The van der Waals surface area contributed by atoms with E-state index in [2.05, 4.69) is 33.6 Å². The molecular weight excluding hydrogens is 242 g/mol. The molecular formula is C19H49N. The van der Waals surface area contributed by atoms with Crippen molar-refractivity contribution in [2.75, 3.05) is 6.54 Å². The van der Waals surface area contributed by atoms with Gasteiger partial charge in [-0.15, -0.1) is 19.7 Å². The highest BCUT2D eigenvalue weighted by Gasteiger charge is 1.88. The molecule has 1 heteroatoms. The van der Waals surface area contributed by atoms with E-state index in [1.807, 2.05) is 69.2 Å². The van der Waals surface area contributed by atoms with E-state index in [9.17, 15) is 0 Å². The Morgan fingerprint density at radius 2 is 1.00 bits per heavy atom. The normalized spacial score (nSPS) is 7.05. The van der Waals surface area contributed by atoms with Crippen LogP contribution >= 0.6 is 0 Å². The topological polar surface area (TPSA) is 26.0 Å². The third kappa shape index (κ3) is 398. The van der Waals surface area contributed by atoms with Gasteiger partial charge in [0.25, 0.3) is 0 Å². The predicted octanol–water partition coefficient (Wildman–Crippen LogP) is 7.48. The van der Waals surface area contributed by atoms with Gasteiger partial charge < -0.3 is 5.73 Å². The molecule has 0 bridgehead atoms. The Kier molecular flexibility index (Phi) is 216. The SMILES string of the molecule is C=C.C=C(C)C.CC.CC.CC.CC.CCC(C)CN. The van der Waals surface area contributed by atoms with E-state index >= 15 is 0 Å². The van der Waals surface area contributed by atoms with E-state index in [0.29, 0.717) is 5.92 Å². The van der Waals surface area contributed by atoms with Gasteiger partial charge in [0, 0.05) is 0 Å². The molecule has 1 atom stereocenters. The molecule has 0 aromatic rings. The zero-order chi connectivity index (χ0) is 18.6. The lowest BCUT2D eigenvalue weighted by Gasteiger charge is -1.98. The average molecular weight is 292 g/mol. The second-order valence-corrected chi connectivity index (χ2v) is 2.96. The lowest BCUT2D eigenvalue weighted by Crippen LogP contribution is -2.08. The fourth-order valence-corrected chi connectivity index (χ4v) is 0.167. The standard InChI is InChI=1S/C5H13N.C4H8.4C2H6.C2H4/c1-3-5(2)4-6;1-4(2)3;5*1-2/h5H,3-4,6H2,1-2H3;1H2,2-3H3;4*1-2H3;1-2H2. The van der Waals surface area contributed by atoms with Crippen LogP contribution in [0.2, 0.25) is 0 Å². The fourth-order valence-electron chi connectivity index (χ4n) is 0.167. The summed E-state index contributed by atoms with van der Waals surface area (Å²) in [5, 5.41) is 0. The van der Waals surface area contributed by atoms with Crippen LogP contribution in [-0.4, -0.2) is 6.54 Å². The van der Waals surface area contributed by atoms with Crippen molar-refractivity contribution in [3.63, 3.8) is 0 Å². The van der Waals surface area contributed by atoms with Gasteiger partial charge in [-0.2, -0.15) is 0 Å². The second-order valence-electron chi connectivity index (χ2n) is 2.96. The first-order chi connectivity index (χ1) is 9.54. The molecule has 0 aromatic carbocycles. The second kappa shape index (κ2) is 101. The monoisotopic (exact) mass is 291 g/mol. The van der Waals surface area contributed by atoms with E-state index in [0.717, 1.165) is 6.54 Å². The minimum Gasteiger partial charge on any atom is -0.330 e. The van der Waals surface area contributed by atoms with Gasteiger partial charge in [-0.05, 0) is 26.3 Å². The van der Waals surface area contributed by atoms with Crippen LogP contribution in [0.3, 0.4) is 0 Å². The minimum atomic E-state index is 0.713. The first-order valence-electron chi connectivity index (χ1n) is 8.36. The van der Waals surface area contributed by atoms with Gasteiger partial charge in [0.1, 0.15) is 0 Å². The van der Waals surface area contributed by atoms with Crippen LogP contribution in [0.1, 0.15) is 89.5 Å². The number of rotatable bonds is 2. The summed E-state index contributed by atoms with van der Waals surface area (Å²) >= 11 is 0. The molecule has 0 rings (SSSR count). The van der Waals surface area contributed by atoms with Crippen LogP contribution in [0.5, 0.6) is 0 Å². The van der Waals surface area contributed by atoms with Crippen molar-refractivity contribution in [2.24, 2.45) is 11.7 Å². The van der Waals surface area contributed by atoms with E-state index in [4.69, 9.17) is 5.73 Å². The summed E-state index contributed by atoms with van der Waals surface area (Å²) in [6.45, 7) is 34.6. The first-order valence-corrected chi connectivity index (χ1v) is 8.36.